The molecule has 5 rings (SSSR count). The molecule has 26 heavy (non-hydrogen) atoms. The van der Waals surface area contributed by atoms with Gasteiger partial charge in [0.2, 0.25) is 0 Å². The van der Waals surface area contributed by atoms with Crippen LogP contribution in [-0.2, 0) is 11.3 Å². The van der Waals surface area contributed by atoms with Gasteiger partial charge in [0.25, 0.3) is 0 Å². The van der Waals surface area contributed by atoms with Crippen LogP contribution >= 0.6 is 0 Å². The van der Waals surface area contributed by atoms with E-state index >= 15 is 0 Å². The number of aromatic nitrogens is 7. The Morgan fingerprint density at radius 2 is 2.12 bits per heavy atom. The molecule has 4 aromatic heterocycles. The molecule has 1 aliphatic rings. The number of nitrogens with one attached hydrogen (secondary N) is 1. The van der Waals surface area contributed by atoms with Crippen molar-refractivity contribution in [2.45, 2.75) is 19.4 Å². The van der Waals surface area contributed by atoms with E-state index in [0.717, 1.165) is 37.1 Å². The first-order chi connectivity index (χ1) is 12.8. The van der Waals surface area contributed by atoms with Crippen LogP contribution in [-0.4, -0.2) is 47.3 Å². The number of hydrogen-bond acceptors (Lipinski definition) is 6. The minimum absolute atomic E-state index is 0.153. The summed E-state index contributed by atoms with van der Waals surface area (Å²) in [5, 5.41) is 4.30. The molecule has 0 amide bonds. The predicted molar refractivity (Wildman–Crippen MR) is 93.7 cm³/mol. The van der Waals surface area contributed by atoms with Gasteiger partial charge in [0.1, 0.15) is 5.52 Å². The number of H-pyrrole nitrogens is 1. The van der Waals surface area contributed by atoms with Crippen LogP contribution in [0.3, 0.4) is 0 Å². The second-order valence-electron chi connectivity index (χ2n) is 6.49. The van der Waals surface area contributed by atoms with E-state index in [-0.39, 0.29) is 5.69 Å². The van der Waals surface area contributed by atoms with Crippen molar-refractivity contribution in [2.75, 3.05) is 13.2 Å². The maximum Gasteiger partial charge on any atom is 0.327 e. The van der Waals surface area contributed by atoms with Gasteiger partial charge in [-0.15, -0.1) is 0 Å². The molecule has 1 saturated heterocycles. The monoisotopic (exact) mass is 351 g/mol. The summed E-state index contributed by atoms with van der Waals surface area (Å²) in [6.45, 7) is 2.13. The molecule has 0 unspecified atom stereocenters. The van der Waals surface area contributed by atoms with Gasteiger partial charge in [0.15, 0.2) is 11.5 Å². The van der Waals surface area contributed by atoms with Crippen molar-refractivity contribution in [3.05, 3.63) is 41.5 Å². The minimum Gasteiger partial charge on any atom is -0.381 e. The third-order valence-electron chi connectivity index (χ3n) is 4.86. The van der Waals surface area contributed by atoms with E-state index in [9.17, 15) is 4.79 Å². The van der Waals surface area contributed by atoms with Gasteiger partial charge in [-0.3, -0.25) is 9.55 Å². The Kier molecular flexibility index (Phi) is 3.52. The number of rotatable bonds is 3. The molecule has 4 aromatic rings. The summed E-state index contributed by atoms with van der Waals surface area (Å²) < 4.78 is 8.84. The number of hydrogen-bond donors (Lipinski definition) is 1. The van der Waals surface area contributed by atoms with Crippen LogP contribution in [0, 0.1) is 5.92 Å². The highest BCUT2D eigenvalue weighted by molar-refractivity contribution is 5.78. The van der Waals surface area contributed by atoms with Crippen molar-refractivity contribution in [1.82, 2.24) is 34.1 Å². The van der Waals surface area contributed by atoms with Crippen molar-refractivity contribution in [1.29, 1.82) is 0 Å². The van der Waals surface area contributed by atoms with Crippen molar-refractivity contribution in [3.63, 3.8) is 0 Å². The fraction of sp³-hybridized carbons (Fsp3) is 0.353. The average molecular weight is 351 g/mol. The summed E-state index contributed by atoms with van der Waals surface area (Å²) in [5.74, 6) is 0.945. The Morgan fingerprint density at radius 3 is 3.00 bits per heavy atom. The highest BCUT2D eigenvalue weighted by atomic mass is 16.5. The lowest BCUT2D eigenvalue weighted by atomic mass is 10.0. The van der Waals surface area contributed by atoms with E-state index in [2.05, 4.69) is 25.0 Å². The summed E-state index contributed by atoms with van der Waals surface area (Å²) in [6.07, 6.45) is 10.4. The standard InChI is InChI=1S/C17H17N7O2/c25-17-21-13-8-19-15(12-7-20-24-4-3-18-9-14(12)24)22-16(13)23(17)10-11-1-5-26-6-2-11/h3-4,7-9,11H,1-2,5-6,10H2,(H,21,25). The third kappa shape index (κ3) is 2.48. The van der Waals surface area contributed by atoms with Gasteiger partial charge in [-0.1, -0.05) is 0 Å². The number of ether oxygens (including phenoxy) is 1. The first kappa shape index (κ1) is 15.2. The lowest BCUT2D eigenvalue weighted by Gasteiger charge is -2.21. The highest BCUT2D eigenvalue weighted by Gasteiger charge is 2.19. The van der Waals surface area contributed by atoms with Gasteiger partial charge in [-0.25, -0.2) is 19.3 Å². The molecule has 0 saturated carbocycles. The zero-order valence-corrected chi connectivity index (χ0v) is 14.0. The summed E-state index contributed by atoms with van der Waals surface area (Å²) in [5.41, 5.74) is 2.71. The van der Waals surface area contributed by atoms with Crippen LogP contribution in [0.1, 0.15) is 12.8 Å². The summed E-state index contributed by atoms with van der Waals surface area (Å²) in [6, 6.07) is 0. The van der Waals surface area contributed by atoms with E-state index in [0.29, 0.717) is 29.5 Å². The van der Waals surface area contributed by atoms with E-state index in [1.807, 2.05) is 0 Å². The molecule has 1 fully saturated rings. The van der Waals surface area contributed by atoms with Crippen LogP contribution in [0.2, 0.25) is 0 Å². The largest absolute Gasteiger partial charge is 0.381 e. The number of fused-ring (bicyclic) bond motifs is 2. The average Bonchev–Trinajstić information content (AvgIpc) is 3.24. The molecular formula is C17H17N7O2. The molecular weight excluding hydrogens is 334 g/mol. The van der Waals surface area contributed by atoms with Crippen molar-refractivity contribution in [2.24, 2.45) is 5.92 Å². The topological polar surface area (TPSA) is 103 Å². The molecule has 0 spiro atoms. The van der Waals surface area contributed by atoms with Crippen molar-refractivity contribution < 1.29 is 4.74 Å². The molecule has 0 atom stereocenters. The molecule has 0 aliphatic carbocycles. The Morgan fingerprint density at radius 1 is 1.23 bits per heavy atom. The van der Waals surface area contributed by atoms with Gasteiger partial charge in [-0.05, 0) is 18.8 Å². The lowest BCUT2D eigenvalue weighted by Crippen LogP contribution is -2.26. The molecule has 132 valence electrons. The second-order valence-corrected chi connectivity index (χ2v) is 6.49. The van der Waals surface area contributed by atoms with Gasteiger partial charge in [0, 0.05) is 32.2 Å². The molecule has 0 radical (unpaired) electrons. The number of nitrogens with zero attached hydrogens (tertiary/aromatic N) is 6. The van der Waals surface area contributed by atoms with Gasteiger partial charge >= 0.3 is 5.69 Å². The van der Waals surface area contributed by atoms with Gasteiger partial charge < -0.3 is 9.72 Å². The van der Waals surface area contributed by atoms with Gasteiger partial charge in [-0.2, -0.15) is 5.10 Å². The summed E-state index contributed by atoms with van der Waals surface area (Å²) in [7, 11) is 0. The Hall–Kier alpha value is -3.07. The maximum atomic E-state index is 12.4. The van der Waals surface area contributed by atoms with Crippen molar-refractivity contribution >= 4 is 16.7 Å². The van der Waals surface area contributed by atoms with Crippen molar-refractivity contribution in [3.8, 4) is 11.4 Å². The van der Waals surface area contributed by atoms with Crippen LogP contribution < -0.4 is 5.69 Å². The molecule has 1 N–H and O–H groups in total. The zero-order valence-electron chi connectivity index (χ0n) is 14.0. The first-order valence-electron chi connectivity index (χ1n) is 8.60. The van der Waals surface area contributed by atoms with Crippen LogP contribution in [0.25, 0.3) is 28.1 Å². The maximum absolute atomic E-state index is 12.4. The fourth-order valence-electron chi connectivity index (χ4n) is 3.44. The summed E-state index contributed by atoms with van der Waals surface area (Å²) in [4.78, 5) is 28.5. The molecule has 1 aliphatic heterocycles. The fourth-order valence-corrected chi connectivity index (χ4v) is 3.44. The Balaban J connectivity index is 1.60. The van der Waals surface area contributed by atoms with Crippen LogP contribution in [0.15, 0.2) is 35.8 Å². The first-order valence-corrected chi connectivity index (χ1v) is 8.60. The zero-order chi connectivity index (χ0) is 17.5. The van der Waals surface area contributed by atoms with E-state index in [1.54, 1.807) is 40.1 Å². The quantitative estimate of drug-likeness (QED) is 0.596. The second kappa shape index (κ2) is 6.03. The normalized spacial score (nSPS) is 15.8. The smallest absolute Gasteiger partial charge is 0.327 e. The third-order valence-corrected chi connectivity index (χ3v) is 4.86. The predicted octanol–water partition coefficient (Wildman–Crippen LogP) is 1.26. The number of imidazole rings is 1. The lowest BCUT2D eigenvalue weighted by molar-refractivity contribution is 0.0613. The molecule has 0 aromatic carbocycles. The minimum atomic E-state index is -0.153. The van der Waals surface area contributed by atoms with E-state index in [1.165, 1.54) is 0 Å². The molecule has 9 heteroatoms. The molecule has 0 bridgehead atoms. The SMILES string of the molecule is O=c1[nH]c2cnc(-c3cnn4ccncc34)nc2n1CC1CCOCC1. The van der Waals surface area contributed by atoms with Crippen LogP contribution in [0.4, 0.5) is 0 Å². The Labute approximate surface area is 147 Å². The van der Waals surface area contributed by atoms with Crippen LogP contribution in [0.5, 0.6) is 0 Å². The molecule has 9 nitrogen and oxygen atoms in total. The van der Waals surface area contributed by atoms with E-state index < -0.39 is 0 Å². The van der Waals surface area contributed by atoms with E-state index in [4.69, 9.17) is 4.74 Å². The Bertz CT molecular complexity index is 1140. The highest BCUT2D eigenvalue weighted by Crippen LogP contribution is 2.23. The molecule has 5 heterocycles. The summed E-state index contributed by atoms with van der Waals surface area (Å²) >= 11 is 0. The number of aromatic amines is 1. The van der Waals surface area contributed by atoms with Gasteiger partial charge in [0.05, 0.1) is 29.7 Å².